The van der Waals surface area contributed by atoms with E-state index in [1.54, 1.807) is 0 Å². The van der Waals surface area contributed by atoms with E-state index >= 15 is 0 Å². The van der Waals surface area contributed by atoms with E-state index in [4.69, 9.17) is 19.4 Å². The zero-order valence-corrected chi connectivity index (χ0v) is 32.2. The van der Waals surface area contributed by atoms with Crippen LogP contribution in [0.15, 0.2) is 24.3 Å². The van der Waals surface area contributed by atoms with Crippen LogP contribution in [0.1, 0.15) is 88.6 Å². The molecule has 2 aliphatic heterocycles. The zero-order valence-electron chi connectivity index (χ0n) is 31.4. The van der Waals surface area contributed by atoms with Crippen LogP contribution in [0.2, 0.25) is 0 Å². The summed E-state index contributed by atoms with van der Waals surface area (Å²) < 4.78 is 9.53. The minimum Gasteiger partial charge on any atom is -0.453 e. The van der Waals surface area contributed by atoms with Crippen molar-refractivity contribution >= 4 is 56.7 Å². The highest BCUT2D eigenvalue weighted by atomic mass is 32.1. The number of carbonyl (C=O) groups excluding carboxylic acids is 4. The minimum absolute atomic E-state index is 0.117. The minimum atomic E-state index is -0.711. The first-order valence-corrected chi connectivity index (χ1v) is 18.9. The zero-order chi connectivity index (χ0) is 38.1. The molecule has 2 fully saturated rings. The van der Waals surface area contributed by atoms with Crippen LogP contribution in [-0.2, 0) is 19.1 Å². The predicted octanol–water partition coefficient (Wildman–Crippen LogP) is 5.48. The molecule has 0 spiro atoms. The van der Waals surface area contributed by atoms with Crippen molar-refractivity contribution in [3.8, 4) is 11.8 Å². The van der Waals surface area contributed by atoms with Crippen LogP contribution in [0.25, 0.3) is 21.4 Å². The van der Waals surface area contributed by atoms with Gasteiger partial charge in [-0.3, -0.25) is 9.59 Å². The number of nitrogens with one attached hydrogen (secondary N) is 4. The van der Waals surface area contributed by atoms with Crippen molar-refractivity contribution in [3.05, 3.63) is 46.4 Å². The van der Waals surface area contributed by atoms with Gasteiger partial charge in [0.05, 0.1) is 47.7 Å². The molecule has 6 rings (SSSR count). The number of likely N-dealkylation sites (tertiary alicyclic amines) is 2. The molecule has 4 aromatic rings. The van der Waals surface area contributed by atoms with Gasteiger partial charge in [-0.1, -0.05) is 53.4 Å². The van der Waals surface area contributed by atoms with Gasteiger partial charge in [0.2, 0.25) is 11.8 Å². The number of amides is 4. The van der Waals surface area contributed by atoms with Gasteiger partial charge in [0.15, 0.2) is 0 Å². The molecule has 282 valence electrons. The Labute approximate surface area is 312 Å². The molecule has 1 aromatic carbocycles. The summed E-state index contributed by atoms with van der Waals surface area (Å²) in [7, 11) is 2.57. The molecule has 0 saturated carbocycles. The molecule has 0 bridgehead atoms. The SMILES string of the molecule is COC(=O)N[C@H](C(=O)N1C[C@@H](C)C[C@H]1c1nc2sc(C#Cc3ccc4nc([C@H]5C[C@@H](C)CN5C(=O)[C@H](NC(=O)OC)C(C)C)[nH]c4c3)cc2[nH]1)C(C)C. The summed E-state index contributed by atoms with van der Waals surface area (Å²) in [6.45, 7) is 12.9. The molecule has 4 N–H and O–H groups in total. The number of alkyl carbamates (subject to hydrolysis) is 2. The highest BCUT2D eigenvalue weighted by Crippen LogP contribution is 2.38. The first-order valence-electron chi connectivity index (χ1n) is 18.1. The third kappa shape index (κ3) is 7.97. The van der Waals surface area contributed by atoms with Crippen LogP contribution in [-0.4, -0.2) is 93.1 Å². The first kappa shape index (κ1) is 37.7. The summed E-state index contributed by atoms with van der Waals surface area (Å²) in [5.41, 5.74) is 3.26. The summed E-state index contributed by atoms with van der Waals surface area (Å²) >= 11 is 1.48. The van der Waals surface area contributed by atoms with E-state index in [-0.39, 0.29) is 47.6 Å². The number of imidazole rings is 2. The fourth-order valence-electron chi connectivity index (χ4n) is 7.30. The maximum absolute atomic E-state index is 13.7. The van der Waals surface area contributed by atoms with Crippen LogP contribution < -0.4 is 10.6 Å². The van der Waals surface area contributed by atoms with E-state index in [2.05, 4.69) is 46.3 Å². The molecular weight excluding hydrogens is 697 g/mol. The Bertz CT molecular complexity index is 2040. The molecule has 4 amide bonds. The lowest BCUT2D eigenvalue weighted by Crippen LogP contribution is -2.51. The lowest BCUT2D eigenvalue weighted by Gasteiger charge is -2.30. The van der Waals surface area contributed by atoms with Gasteiger partial charge < -0.3 is 39.9 Å². The Morgan fingerprint density at radius 2 is 1.32 bits per heavy atom. The maximum atomic E-state index is 13.7. The highest BCUT2D eigenvalue weighted by Gasteiger charge is 2.41. The topological polar surface area (TPSA) is 175 Å². The van der Waals surface area contributed by atoms with Crippen molar-refractivity contribution in [2.45, 2.75) is 78.6 Å². The van der Waals surface area contributed by atoms with Gasteiger partial charge in [-0.05, 0) is 60.8 Å². The largest absolute Gasteiger partial charge is 0.453 e. The van der Waals surface area contributed by atoms with Crippen molar-refractivity contribution in [1.82, 2.24) is 40.4 Å². The molecule has 0 aliphatic carbocycles. The smallest absolute Gasteiger partial charge is 0.407 e. The Morgan fingerprint density at radius 3 is 1.83 bits per heavy atom. The van der Waals surface area contributed by atoms with Crippen LogP contribution in [0.4, 0.5) is 9.59 Å². The lowest BCUT2D eigenvalue weighted by molar-refractivity contribution is -0.136. The number of aromatic amines is 2. The molecule has 2 saturated heterocycles. The van der Waals surface area contributed by atoms with Gasteiger partial charge in [-0.25, -0.2) is 19.6 Å². The second kappa shape index (κ2) is 15.5. The molecule has 5 heterocycles. The number of thiophene rings is 1. The van der Waals surface area contributed by atoms with Gasteiger partial charge in [-0.2, -0.15) is 0 Å². The fourth-order valence-corrected chi connectivity index (χ4v) is 8.15. The molecule has 15 heteroatoms. The molecule has 53 heavy (non-hydrogen) atoms. The third-order valence-electron chi connectivity index (χ3n) is 10.0. The second-order valence-electron chi connectivity index (χ2n) is 15.0. The fraction of sp³-hybridized carbons (Fsp3) is 0.526. The summed E-state index contributed by atoms with van der Waals surface area (Å²) in [4.78, 5) is 73.2. The number of ether oxygens (including phenoxy) is 2. The number of nitrogens with zero attached hydrogens (tertiary/aromatic N) is 4. The van der Waals surface area contributed by atoms with E-state index in [1.807, 2.05) is 61.8 Å². The number of methoxy groups -OCH3 is 2. The number of carbonyl (C=O) groups is 4. The summed E-state index contributed by atoms with van der Waals surface area (Å²) in [6.07, 6.45) is 0.249. The first-order chi connectivity index (χ1) is 25.3. The molecule has 0 unspecified atom stereocenters. The predicted molar refractivity (Wildman–Crippen MR) is 201 cm³/mol. The molecule has 14 nitrogen and oxygen atoms in total. The molecule has 6 atom stereocenters. The number of H-pyrrole nitrogens is 2. The monoisotopic (exact) mass is 744 g/mol. The number of benzene rings is 1. The number of fused-ring (bicyclic) bond motifs is 2. The van der Waals surface area contributed by atoms with E-state index in [0.717, 1.165) is 50.5 Å². The van der Waals surface area contributed by atoms with Gasteiger partial charge in [0.1, 0.15) is 28.6 Å². The standard InChI is InChI=1S/C38H48N8O6S/c1-19(2)30(42-37(49)51-7)35(47)45-17-21(5)13-28(45)32-39-25-12-10-23(15-26(25)40-32)9-11-24-16-27-34(53-24)44-33(41-27)29-14-22(6)18-46(29)36(48)31(20(3)4)43-38(50)52-8/h10,12,15-16,19-22,28-31H,13-14,17-18H2,1-8H3,(H,39,40)(H,41,44)(H,42,49)(H,43,50)/t21-,22+,28-,29+,30-,31+/m1/s1. The van der Waals surface area contributed by atoms with Crippen molar-refractivity contribution in [3.63, 3.8) is 0 Å². The average Bonchev–Trinajstić information content (AvgIpc) is 3.95. The van der Waals surface area contributed by atoms with E-state index < -0.39 is 24.3 Å². The molecule has 0 radical (unpaired) electrons. The van der Waals surface area contributed by atoms with Gasteiger partial charge in [0.25, 0.3) is 0 Å². The Balaban J connectivity index is 1.18. The summed E-state index contributed by atoms with van der Waals surface area (Å²) in [5.74, 6) is 7.96. The molecular formula is C38H48N8O6S. The van der Waals surface area contributed by atoms with Crippen LogP contribution in [0, 0.1) is 35.5 Å². The summed E-state index contributed by atoms with van der Waals surface area (Å²) in [5, 5.41) is 5.40. The van der Waals surface area contributed by atoms with E-state index in [9.17, 15) is 19.2 Å². The van der Waals surface area contributed by atoms with Crippen molar-refractivity contribution in [2.24, 2.45) is 23.7 Å². The number of hydrogen-bond donors (Lipinski definition) is 4. The van der Waals surface area contributed by atoms with Crippen molar-refractivity contribution in [1.29, 1.82) is 0 Å². The Morgan fingerprint density at radius 1 is 0.792 bits per heavy atom. The van der Waals surface area contributed by atoms with Crippen molar-refractivity contribution < 1.29 is 28.7 Å². The number of rotatable bonds is 8. The van der Waals surface area contributed by atoms with Crippen molar-refractivity contribution in [2.75, 3.05) is 27.3 Å². The number of hydrogen-bond acceptors (Lipinski definition) is 9. The normalized spacial score (nSPS) is 21.2. The van der Waals surface area contributed by atoms with E-state index in [1.165, 1.54) is 25.6 Å². The quantitative estimate of drug-likeness (QED) is 0.172. The highest BCUT2D eigenvalue weighted by molar-refractivity contribution is 7.19. The lowest BCUT2D eigenvalue weighted by atomic mass is 10.0. The summed E-state index contributed by atoms with van der Waals surface area (Å²) in [6, 6.07) is 5.89. The van der Waals surface area contributed by atoms with Crippen LogP contribution in [0.3, 0.4) is 0 Å². The van der Waals surface area contributed by atoms with Gasteiger partial charge in [0, 0.05) is 18.7 Å². The van der Waals surface area contributed by atoms with Crippen LogP contribution in [0.5, 0.6) is 0 Å². The molecule has 2 aliphatic rings. The maximum Gasteiger partial charge on any atom is 0.407 e. The third-order valence-corrected chi connectivity index (χ3v) is 11.0. The Hall–Kier alpha value is -5.10. The van der Waals surface area contributed by atoms with Gasteiger partial charge >= 0.3 is 12.2 Å². The average molecular weight is 745 g/mol. The van der Waals surface area contributed by atoms with E-state index in [0.29, 0.717) is 18.9 Å². The van der Waals surface area contributed by atoms with Gasteiger partial charge in [-0.15, -0.1) is 11.3 Å². The van der Waals surface area contributed by atoms with Crippen LogP contribution >= 0.6 is 11.3 Å². The second-order valence-corrected chi connectivity index (χ2v) is 16.0. The number of aromatic nitrogens is 4. The Kier molecular flexibility index (Phi) is 11.0. The molecule has 3 aromatic heterocycles.